The second-order valence-corrected chi connectivity index (χ2v) is 3.82. The van der Waals surface area contributed by atoms with Crippen LogP contribution in [0.25, 0.3) is 0 Å². The van der Waals surface area contributed by atoms with Gasteiger partial charge >= 0.3 is 5.97 Å². The van der Waals surface area contributed by atoms with Gasteiger partial charge in [0.05, 0.1) is 12.0 Å². The van der Waals surface area contributed by atoms with E-state index in [-0.39, 0.29) is 12.0 Å². The van der Waals surface area contributed by atoms with Gasteiger partial charge in [-0.3, -0.25) is 4.79 Å². The average Bonchev–Trinajstić information content (AvgIpc) is 2.08. The zero-order chi connectivity index (χ0) is 9.84. The predicted molar refractivity (Wildman–Crippen MR) is 49.6 cm³/mol. The lowest BCUT2D eigenvalue weighted by atomic mass is 9.80. The van der Waals surface area contributed by atoms with Crippen LogP contribution in [-0.4, -0.2) is 23.8 Å². The Labute approximate surface area is 79.1 Å². The Bertz CT molecular complexity index is 179. The first-order valence-electron chi connectivity index (χ1n) is 4.99. The van der Waals surface area contributed by atoms with E-state index in [1.54, 1.807) is 0 Å². The number of aliphatic carboxylic acids is 1. The van der Waals surface area contributed by atoms with Crippen molar-refractivity contribution in [2.24, 2.45) is 11.8 Å². The molecule has 1 fully saturated rings. The molecule has 0 bridgehead atoms. The van der Waals surface area contributed by atoms with Crippen LogP contribution in [0, 0.1) is 11.8 Å². The van der Waals surface area contributed by atoms with Crippen molar-refractivity contribution >= 4 is 5.97 Å². The Hall–Kier alpha value is -0.570. The van der Waals surface area contributed by atoms with Gasteiger partial charge in [-0.05, 0) is 32.1 Å². The molecule has 1 saturated carbocycles. The highest BCUT2D eigenvalue weighted by atomic mass is 16.5. The van der Waals surface area contributed by atoms with Gasteiger partial charge in [-0.2, -0.15) is 0 Å². The summed E-state index contributed by atoms with van der Waals surface area (Å²) >= 11 is 0. The first kappa shape index (κ1) is 10.5. The van der Waals surface area contributed by atoms with Crippen molar-refractivity contribution in [3.8, 4) is 0 Å². The molecule has 3 nitrogen and oxygen atoms in total. The summed E-state index contributed by atoms with van der Waals surface area (Å²) in [4.78, 5) is 10.7. The number of hydrogen-bond donors (Lipinski definition) is 1. The molecule has 1 N–H and O–H groups in total. The molecule has 0 saturated heterocycles. The van der Waals surface area contributed by atoms with Gasteiger partial charge in [0.1, 0.15) is 0 Å². The third kappa shape index (κ3) is 2.69. The Balaban J connectivity index is 2.41. The fourth-order valence-electron chi connectivity index (χ4n) is 2.05. The fourth-order valence-corrected chi connectivity index (χ4v) is 2.05. The van der Waals surface area contributed by atoms with Crippen molar-refractivity contribution in [2.75, 3.05) is 6.61 Å². The van der Waals surface area contributed by atoms with Crippen molar-refractivity contribution < 1.29 is 14.6 Å². The molecule has 3 heteroatoms. The standard InChI is InChI=1S/C10H18O3/c1-3-13-9-5-4-8(10(11)12)6-7(9)2/h7-9H,3-6H2,1-2H3,(H,11,12). The summed E-state index contributed by atoms with van der Waals surface area (Å²) in [5.41, 5.74) is 0. The van der Waals surface area contributed by atoms with Crippen LogP contribution >= 0.6 is 0 Å². The second kappa shape index (κ2) is 4.61. The maximum Gasteiger partial charge on any atom is 0.306 e. The van der Waals surface area contributed by atoms with E-state index in [1.165, 1.54) is 0 Å². The van der Waals surface area contributed by atoms with Crippen molar-refractivity contribution in [1.29, 1.82) is 0 Å². The molecule has 0 aromatic carbocycles. The Morgan fingerprint density at radius 1 is 1.54 bits per heavy atom. The van der Waals surface area contributed by atoms with E-state index in [4.69, 9.17) is 9.84 Å². The zero-order valence-corrected chi connectivity index (χ0v) is 8.32. The van der Waals surface area contributed by atoms with Crippen LogP contribution in [0.5, 0.6) is 0 Å². The van der Waals surface area contributed by atoms with Crippen LogP contribution in [0.15, 0.2) is 0 Å². The minimum absolute atomic E-state index is 0.147. The summed E-state index contributed by atoms with van der Waals surface area (Å²) in [6.07, 6.45) is 2.71. The minimum Gasteiger partial charge on any atom is -0.481 e. The van der Waals surface area contributed by atoms with Crippen molar-refractivity contribution in [1.82, 2.24) is 0 Å². The van der Waals surface area contributed by atoms with E-state index in [0.717, 1.165) is 25.9 Å². The molecular formula is C10H18O3. The van der Waals surface area contributed by atoms with Gasteiger partial charge in [-0.15, -0.1) is 0 Å². The lowest BCUT2D eigenvalue weighted by Crippen LogP contribution is -2.32. The van der Waals surface area contributed by atoms with Gasteiger partial charge in [0.15, 0.2) is 0 Å². The van der Waals surface area contributed by atoms with E-state index < -0.39 is 5.97 Å². The first-order chi connectivity index (χ1) is 6.15. The number of hydrogen-bond acceptors (Lipinski definition) is 2. The molecule has 3 unspecified atom stereocenters. The SMILES string of the molecule is CCOC1CCC(C(=O)O)CC1C. The molecule has 0 aromatic heterocycles. The normalized spacial score (nSPS) is 34.5. The number of ether oxygens (including phenoxy) is 1. The summed E-state index contributed by atoms with van der Waals surface area (Å²) in [7, 11) is 0. The first-order valence-corrected chi connectivity index (χ1v) is 4.99. The van der Waals surface area contributed by atoms with Gasteiger partial charge < -0.3 is 9.84 Å². The molecule has 1 rings (SSSR count). The molecule has 3 atom stereocenters. The lowest BCUT2D eigenvalue weighted by molar-refractivity contribution is -0.145. The van der Waals surface area contributed by atoms with E-state index in [2.05, 4.69) is 6.92 Å². The highest BCUT2D eigenvalue weighted by Crippen LogP contribution is 2.30. The number of carbonyl (C=O) groups is 1. The highest BCUT2D eigenvalue weighted by molar-refractivity contribution is 5.70. The van der Waals surface area contributed by atoms with E-state index >= 15 is 0 Å². The number of carboxylic acid groups (broad SMARTS) is 1. The maximum atomic E-state index is 10.7. The van der Waals surface area contributed by atoms with Crippen molar-refractivity contribution in [2.45, 2.75) is 39.2 Å². The summed E-state index contributed by atoms with van der Waals surface area (Å²) in [6, 6.07) is 0. The summed E-state index contributed by atoms with van der Waals surface area (Å²) in [6.45, 7) is 4.79. The molecule has 1 aliphatic rings. The topological polar surface area (TPSA) is 46.5 Å². The van der Waals surface area contributed by atoms with Gasteiger partial charge in [-0.1, -0.05) is 6.92 Å². The zero-order valence-electron chi connectivity index (χ0n) is 8.32. The smallest absolute Gasteiger partial charge is 0.306 e. The van der Waals surface area contributed by atoms with Gasteiger partial charge in [-0.25, -0.2) is 0 Å². The fraction of sp³-hybridized carbons (Fsp3) is 0.900. The molecule has 76 valence electrons. The molecule has 0 aliphatic heterocycles. The Morgan fingerprint density at radius 2 is 2.23 bits per heavy atom. The molecule has 13 heavy (non-hydrogen) atoms. The van der Waals surface area contributed by atoms with E-state index in [0.29, 0.717) is 5.92 Å². The molecule has 0 amide bonds. The van der Waals surface area contributed by atoms with Crippen molar-refractivity contribution in [3.05, 3.63) is 0 Å². The van der Waals surface area contributed by atoms with E-state index in [1.807, 2.05) is 6.92 Å². The molecule has 0 aromatic rings. The van der Waals surface area contributed by atoms with E-state index in [9.17, 15) is 4.79 Å². The molecule has 1 aliphatic carbocycles. The van der Waals surface area contributed by atoms with Crippen LogP contribution in [0.2, 0.25) is 0 Å². The van der Waals surface area contributed by atoms with Crippen LogP contribution in [0.3, 0.4) is 0 Å². The summed E-state index contributed by atoms with van der Waals surface area (Å²) < 4.78 is 5.53. The summed E-state index contributed by atoms with van der Waals surface area (Å²) in [5.74, 6) is -0.414. The third-order valence-corrected chi connectivity index (χ3v) is 2.82. The molecular weight excluding hydrogens is 168 g/mol. The monoisotopic (exact) mass is 186 g/mol. The van der Waals surface area contributed by atoms with Crippen LogP contribution in [0.1, 0.15) is 33.1 Å². The Morgan fingerprint density at radius 3 is 2.69 bits per heavy atom. The molecule has 0 spiro atoms. The largest absolute Gasteiger partial charge is 0.481 e. The van der Waals surface area contributed by atoms with Gasteiger partial charge in [0.25, 0.3) is 0 Å². The second-order valence-electron chi connectivity index (χ2n) is 3.82. The van der Waals surface area contributed by atoms with Gasteiger partial charge in [0.2, 0.25) is 0 Å². The lowest BCUT2D eigenvalue weighted by Gasteiger charge is -2.31. The number of carboxylic acids is 1. The van der Waals surface area contributed by atoms with Crippen LogP contribution < -0.4 is 0 Å². The summed E-state index contributed by atoms with van der Waals surface area (Å²) in [5, 5.41) is 8.83. The highest BCUT2D eigenvalue weighted by Gasteiger charge is 2.31. The molecule has 0 heterocycles. The van der Waals surface area contributed by atoms with Crippen LogP contribution in [0.4, 0.5) is 0 Å². The average molecular weight is 186 g/mol. The minimum atomic E-state index is -0.651. The van der Waals surface area contributed by atoms with Crippen LogP contribution in [-0.2, 0) is 9.53 Å². The third-order valence-electron chi connectivity index (χ3n) is 2.82. The molecule has 0 radical (unpaired) electrons. The maximum absolute atomic E-state index is 10.7. The predicted octanol–water partition coefficient (Wildman–Crippen LogP) is 1.91. The number of rotatable bonds is 3. The Kier molecular flexibility index (Phi) is 3.72. The quantitative estimate of drug-likeness (QED) is 0.732. The van der Waals surface area contributed by atoms with Crippen molar-refractivity contribution in [3.63, 3.8) is 0 Å². The van der Waals surface area contributed by atoms with Gasteiger partial charge in [0, 0.05) is 6.61 Å².